The number of methoxy groups -OCH3 is 2. The van der Waals surface area contributed by atoms with Gasteiger partial charge in [0, 0.05) is 5.92 Å². The molecule has 0 aromatic rings. The first kappa shape index (κ1) is 35.3. The Morgan fingerprint density at radius 2 is 1.53 bits per heavy atom. The highest BCUT2D eigenvalue weighted by Gasteiger charge is 2.73. The fourth-order valence-electron chi connectivity index (χ4n) is 12.5. The zero-order valence-corrected chi connectivity index (χ0v) is 29.6. The molecule has 6 aliphatic rings. The van der Waals surface area contributed by atoms with Crippen LogP contribution in [0.25, 0.3) is 0 Å². The van der Waals surface area contributed by atoms with Crippen LogP contribution in [0.2, 0.25) is 0 Å². The van der Waals surface area contributed by atoms with Gasteiger partial charge in [0.05, 0.1) is 43.4 Å². The average Bonchev–Trinajstić information content (AvgIpc) is 3.03. The van der Waals surface area contributed by atoms with E-state index < -0.39 is 47.1 Å². The number of fused-ring (bicyclic) bond motifs is 7. The van der Waals surface area contributed by atoms with Crippen LogP contribution < -0.4 is 0 Å². The van der Waals surface area contributed by atoms with Crippen LogP contribution >= 0.6 is 0 Å². The molecule has 0 spiro atoms. The molecule has 15 atom stereocenters. The standard InChI is InChI=1S/C37H58O10/c1-20-11-16-37(31(42)45-8)18-17-33(3)21(28(37)36(20,6)43)9-10-23-32(2)14-13-25(47-29-27(40)26(39)22(38)19-46-29)35(5,30(41)44-7)24(32)12-15-34(23,33)4/h9,20,22-29,38-40,43H,10-19H2,1-8H3. The zero-order chi connectivity index (χ0) is 34.5. The normalized spacial score (nSPS) is 54.1. The van der Waals surface area contributed by atoms with E-state index in [1.54, 1.807) is 0 Å². The third kappa shape index (κ3) is 4.56. The van der Waals surface area contributed by atoms with Gasteiger partial charge in [-0.05, 0) is 106 Å². The molecule has 1 heterocycles. The maximum absolute atomic E-state index is 13.9. The first-order chi connectivity index (χ1) is 21.9. The van der Waals surface area contributed by atoms with Gasteiger partial charge in [0.15, 0.2) is 6.29 Å². The number of carbonyl (C=O) groups is 2. The van der Waals surface area contributed by atoms with Gasteiger partial charge in [0.2, 0.25) is 0 Å². The molecular formula is C37H58O10. The molecule has 10 heteroatoms. The minimum absolute atomic E-state index is 0.0411. The van der Waals surface area contributed by atoms with Gasteiger partial charge < -0.3 is 39.4 Å². The van der Waals surface area contributed by atoms with E-state index in [9.17, 15) is 30.0 Å². The second kappa shape index (κ2) is 11.5. The summed E-state index contributed by atoms with van der Waals surface area (Å²) in [7, 11) is 2.87. The summed E-state index contributed by atoms with van der Waals surface area (Å²) >= 11 is 0. The summed E-state index contributed by atoms with van der Waals surface area (Å²) in [5, 5.41) is 43.2. The molecule has 0 bridgehead atoms. The predicted molar refractivity (Wildman–Crippen MR) is 171 cm³/mol. The largest absolute Gasteiger partial charge is 0.469 e. The summed E-state index contributed by atoms with van der Waals surface area (Å²) < 4.78 is 22.9. The highest BCUT2D eigenvalue weighted by molar-refractivity contribution is 5.79. The summed E-state index contributed by atoms with van der Waals surface area (Å²) in [6.07, 6.45) is 3.17. The van der Waals surface area contributed by atoms with Crippen LogP contribution in [0.1, 0.15) is 99.3 Å². The molecule has 0 aromatic heterocycles. The van der Waals surface area contributed by atoms with Crippen molar-refractivity contribution in [2.45, 2.75) is 136 Å². The molecule has 0 aromatic carbocycles. The van der Waals surface area contributed by atoms with Gasteiger partial charge in [0.25, 0.3) is 0 Å². The van der Waals surface area contributed by atoms with Gasteiger partial charge in [-0.3, -0.25) is 9.59 Å². The van der Waals surface area contributed by atoms with Crippen molar-refractivity contribution in [3.63, 3.8) is 0 Å². The third-order valence-electron chi connectivity index (χ3n) is 15.6. The molecule has 5 aliphatic carbocycles. The van der Waals surface area contributed by atoms with E-state index in [1.165, 1.54) is 19.8 Å². The Labute approximate surface area is 279 Å². The van der Waals surface area contributed by atoms with Crippen molar-refractivity contribution in [3.8, 4) is 0 Å². The van der Waals surface area contributed by atoms with Crippen LogP contribution in [0.3, 0.4) is 0 Å². The Kier molecular flexibility index (Phi) is 8.62. The minimum atomic E-state index is -1.45. The molecule has 0 radical (unpaired) electrons. The number of hydrogen-bond acceptors (Lipinski definition) is 10. The van der Waals surface area contributed by atoms with Crippen molar-refractivity contribution < 1.29 is 49.0 Å². The number of allylic oxidation sites excluding steroid dienone is 1. The fraction of sp³-hybridized carbons (Fsp3) is 0.892. The lowest BCUT2D eigenvalue weighted by atomic mass is 9.33. The number of ether oxygens (including phenoxy) is 4. The van der Waals surface area contributed by atoms with E-state index in [-0.39, 0.29) is 58.5 Å². The minimum Gasteiger partial charge on any atom is -0.469 e. The van der Waals surface area contributed by atoms with Crippen LogP contribution in [-0.4, -0.2) is 89.5 Å². The van der Waals surface area contributed by atoms with Gasteiger partial charge in [-0.25, -0.2) is 0 Å². The summed E-state index contributed by atoms with van der Waals surface area (Å²) in [4.78, 5) is 27.5. The van der Waals surface area contributed by atoms with Gasteiger partial charge >= 0.3 is 11.9 Å². The molecule has 15 unspecified atom stereocenters. The summed E-state index contributed by atoms with van der Waals surface area (Å²) in [6.45, 7) is 12.9. The smallest absolute Gasteiger partial charge is 0.314 e. The van der Waals surface area contributed by atoms with Crippen molar-refractivity contribution in [2.75, 3.05) is 20.8 Å². The molecule has 1 aliphatic heterocycles. The Balaban J connectivity index is 1.38. The third-order valence-corrected chi connectivity index (χ3v) is 15.6. The highest BCUT2D eigenvalue weighted by atomic mass is 16.7. The predicted octanol–water partition coefficient (Wildman–Crippen LogP) is 3.91. The van der Waals surface area contributed by atoms with Crippen LogP contribution in [0.4, 0.5) is 0 Å². The SMILES string of the molecule is COC(=O)C12CCC(C)C(C)(O)C1C1=CCC3C4(C)CCC(OC5OCC(O)C(O)C5O)C(C)(C(=O)OC)C4CCC3(C)C1(C)CC2. The van der Waals surface area contributed by atoms with Crippen LogP contribution in [-0.2, 0) is 28.5 Å². The number of aliphatic hydroxyl groups excluding tert-OH is 3. The number of carbonyl (C=O) groups excluding carboxylic acids is 2. The van der Waals surface area contributed by atoms with Gasteiger partial charge in [0.1, 0.15) is 18.3 Å². The molecule has 10 nitrogen and oxygen atoms in total. The van der Waals surface area contributed by atoms with Crippen molar-refractivity contribution in [1.82, 2.24) is 0 Å². The van der Waals surface area contributed by atoms with Crippen molar-refractivity contribution in [3.05, 3.63) is 11.6 Å². The van der Waals surface area contributed by atoms with E-state index in [0.29, 0.717) is 19.3 Å². The lowest BCUT2D eigenvalue weighted by Crippen LogP contribution is -2.69. The first-order valence-corrected chi connectivity index (χ1v) is 17.8. The number of esters is 2. The molecule has 47 heavy (non-hydrogen) atoms. The van der Waals surface area contributed by atoms with Gasteiger partial charge in [-0.2, -0.15) is 0 Å². The second-order valence-electron chi connectivity index (χ2n) is 17.2. The van der Waals surface area contributed by atoms with E-state index in [0.717, 1.165) is 38.5 Å². The van der Waals surface area contributed by atoms with E-state index in [4.69, 9.17) is 18.9 Å². The van der Waals surface area contributed by atoms with Crippen molar-refractivity contribution in [2.24, 2.45) is 50.7 Å². The second-order valence-corrected chi connectivity index (χ2v) is 17.2. The van der Waals surface area contributed by atoms with Crippen molar-refractivity contribution >= 4 is 11.9 Å². The zero-order valence-electron chi connectivity index (χ0n) is 29.6. The van der Waals surface area contributed by atoms with Gasteiger partial charge in [-0.1, -0.05) is 39.3 Å². The Morgan fingerprint density at radius 1 is 0.851 bits per heavy atom. The summed E-state index contributed by atoms with van der Waals surface area (Å²) in [5.74, 6) is -0.726. The molecule has 4 N–H and O–H groups in total. The molecule has 0 amide bonds. The number of hydrogen-bond donors (Lipinski definition) is 4. The van der Waals surface area contributed by atoms with E-state index in [2.05, 4.69) is 33.8 Å². The monoisotopic (exact) mass is 662 g/mol. The Bertz CT molecular complexity index is 1300. The lowest BCUT2D eigenvalue weighted by molar-refractivity contribution is -0.308. The van der Waals surface area contributed by atoms with E-state index >= 15 is 0 Å². The summed E-state index contributed by atoms with van der Waals surface area (Å²) in [5.41, 5.74) is -2.32. The Hall–Kier alpha value is -1.56. The van der Waals surface area contributed by atoms with Gasteiger partial charge in [-0.15, -0.1) is 0 Å². The topological polar surface area (TPSA) is 152 Å². The average molecular weight is 663 g/mol. The summed E-state index contributed by atoms with van der Waals surface area (Å²) in [6, 6.07) is 0. The molecule has 1 saturated heterocycles. The highest BCUT2D eigenvalue weighted by Crippen LogP contribution is 2.76. The number of rotatable bonds is 4. The maximum atomic E-state index is 13.9. The molecule has 6 rings (SSSR count). The quantitative estimate of drug-likeness (QED) is 0.198. The van der Waals surface area contributed by atoms with Crippen LogP contribution in [0, 0.1) is 50.7 Å². The number of aliphatic hydroxyl groups is 4. The maximum Gasteiger partial charge on any atom is 0.314 e. The Morgan fingerprint density at radius 3 is 2.19 bits per heavy atom. The van der Waals surface area contributed by atoms with Crippen LogP contribution in [0.5, 0.6) is 0 Å². The molecular weight excluding hydrogens is 604 g/mol. The molecule has 266 valence electrons. The first-order valence-electron chi connectivity index (χ1n) is 17.8. The van der Waals surface area contributed by atoms with Crippen LogP contribution in [0.15, 0.2) is 11.6 Å². The molecule has 4 saturated carbocycles. The van der Waals surface area contributed by atoms with Crippen molar-refractivity contribution in [1.29, 1.82) is 0 Å². The fourth-order valence-corrected chi connectivity index (χ4v) is 12.5. The molecule has 5 fully saturated rings. The van der Waals surface area contributed by atoms with E-state index in [1.807, 2.05) is 13.8 Å². The lowest BCUT2D eigenvalue weighted by Gasteiger charge is -2.71.